The van der Waals surface area contributed by atoms with Crippen molar-refractivity contribution in [3.05, 3.63) is 47.2 Å². The number of hydrogen-bond donors (Lipinski definition) is 1. The Balaban J connectivity index is 1.59. The number of nitrogens with one attached hydrogen (secondary N) is 1. The monoisotopic (exact) mass is 307 g/mol. The summed E-state index contributed by atoms with van der Waals surface area (Å²) in [6.07, 6.45) is 4.04. The van der Waals surface area contributed by atoms with Gasteiger partial charge in [0, 0.05) is 25.1 Å². The van der Waals surface area contributed by atoms with Gasteiger partial charge in [-0.2, -0.15) is 0 Å². The SMILES string of the molecule is Cn1ccn(C[NH+]2CCN(c3ccc(F)cc3)CC2)c1=S. The Bertz CT molecular complexity index is 653. The number of nitrogens with zero attached hydrogens (tertiary/aromatic N) is 3. The zero-order chi connectivity index (χ0) is 14.8. The zero-order valence-corrected chi connectivity index (χ0v) is 12.9. The van der Waals surface area contributed by atoms with Gasteiger partial charge in [0.1, 0.15) is 5.82 Å². The quantitative estimate of drug-likeness (QED) is 0.854. The molecule has 2 aromatic rings. The fourth-order valence-electron chi connectivity index (χ4n) is 2.76. The summed E-state index contributed by atoms with van der Waals surface area (Å²) in [6.45, 7) is 5.02. The summed E-state index contributed by atoms with van der Waals surface area (Å²) in [7, 11) is 1.97. The summed E-state index contributed by atoms with van der Waals surface area (Å²) in [5, 5.41) is 0. The van der Waals surface area contributed by atoms with E-state index in [1.165, 1.54) is 17.0 Å². The molecule has 0 unspecified atom stereocenters. The standard InChI is InChI=1S/C15H19FN4S/c1-17-6-9-20(15(17)21)12-18-7-10-19(11-8-18)14-4-2-13(16)3-5-14/h2-6,9H,7-8,10-12H2,1H3/p+1. The molecule has 0 spiro atoms. The third-order valence-corrected chi connectivity index (χ3v) is 4.60. The molecule has 1 aliphatic rings. The normalized spacial score (nSPS) is 16.4. The number of aromatic nitrogens is 2. The highest BCUT2D eigenvalue weighted by Gasteiger charge is 2.20. The summed E-state index contributed by atoms with van der Waals surface area (Å²) >= 11 is 5.37. The van der Waals surface area contributed by atoms with Gasteiger partial charge in [-0.1, -0.05) is 0 Å². The van der Waals surface area contributed by atoms with E-state index in [0.29, 0.717) is 0 Å². The van der Waals surface area contributed by atoms with Crippen LogP contribution in [0.3, 0.4) is 0 Å². The van der Waals surface area contributed by atoms with E-state index in [1.807, 2.05) is 36.1 Å². The van der Waals surface area contributed by atoms with Crippen LogP contribution in [0.2, 0.25) is 0 Å². The molecule has 1 fully saturated rings. The third kappa shape index (κ3) is 3.16. The van der Waals surface area contributed by atoms with Gasteiger partial charge in [0.05, 0.1) is 26.2 Å². The Morgan fingerprint density at radius 1 is 1.14 bits per heavy atom. The van der Waals surface area contributed by atoms with Gasteiger partial charge in [0.2, 0.25) is 0 Å². The van der Waals surface area contributed by atoms with Crippen LogP contribution in [0.5, 0.6) is 0 Å². The van der Waals surface area contributed by atoms with Crippen LogP contribution in [0.15, 0.2) is 36.7 Å². The van der Waals surface area contributed by atoms with Crippen molar-refractivity contribution in [2.24, 2.45) is 7.05 Å². The number of hydrogen-bond acceptors (Lipinski definition) is 2. The molecule has 0 amide bonds. The first-order valence-electron chi connectivity index (χ1n) is 7.19. The third-order valence-electron chi connectivity index (χ3n) is 4.07. The molecule has 0 bridgehead atoms. The molecule has 1 N–H and O–H groups in total. The minimum Gasteiger partial charge on any atom is -0.360 e. The fourth-order valence-corrected chi connectivity index (χ4v) is 2.95. The molecule has 1 saturated heterocycles. The van der Waals surface area contributed by atoms with Gasteiger partial charge in [-0.3, -0.25) is 4.57 Å². The highest BCUT2D eigenvalue weighted by atomic mass is 32.1. The van der Waals surface area contributed by atoms with Crippen molar-refractivity contribution < 1.29 is 9.29 Å². The Hall–Kier alpha value is -1.66. The van der Waals surface area contributed by atoms with Gasteiger partial charge in [-0.05, 0) is 36.5 Å². The first-order chi connectivity index (χ1) is 10.1. The van der Waals surface area contributed by atoms with Crippen LogP contribution in [0.4, 0.5) is 10.1 Å². The molecule has 0 radical (unpaired) electrons. The van der Waals surface area contributed by atoms with E-state index in [2.05, 4.69) is 9.47 Å². The Morgan fingerprint density at radius 2 is 1.81 bits per heavy atom. The maximum absolute atomic E-state index is 13.0. The number of piperazine rings is 1. The topological polar surface area (TPSA) is 17.5 Å². The highest BCUT2D eigenvalue weighted by Crippen LogP contribution is 2.14. The lowest BCUT2D eigenvalue weighted by molar-refractivity contribution is -0.923. The van der Waals surface area contributed by atoms with Gasteiger partial charge in [-0.25, -0.2) is 4.39 Å². The van der Waals surface area contributed by atoms with Crippen molar-refractivity contribution in [2.45, 2.75) is 6.67 Å². The van der Waals surface area contributed by atoms with E-state index in [9.17, 15) is 4.39 Å². The summed E-state index contributed by atoms with van der Waals surface area (Å²) in [5.74, 6) is -0.179. The molecule has 4 nitrogen and oxygen atoms in total. The summed E-state index contributed by atoms with van der Waals surface area (Å²) in [4.78, 5) is 3.84. The van der Waals surface area contributed by atoms with E-state index >= 15 is 0 Å². The molecule has 1 aromatic carbocycles. The maximum Gasteiger partial charge on any atom is 0.183 e. The summed E-state index contributed by atoms with van der Waals surface area (Å²) < 4.78 is 17.9. The van der Waals surface area contributed by atoms with Gasteiger partial charge < -0.3 is 14.4 Å². The molecule has 0 aliphatic carbocycles. The number of aryl methyl sites for hydroxylation is 1. The number of imidazole rings is 1. The number of halogens is 1. The van der Waals surface area contributed by atoms with Gasteiger partial charge >= 0.3 is 0 Å². The highest BCUT2D eigenvalue weighted by molar-refractivity contribution is 7.71. The van der Waals surface area contributed by atoms with Crippen LogP contribution in [0, 0.1) is 10.6 Å². The Kier molecular flexibility index (Phi) is 4.07. The second-order valence-electron chi connectivity index (χ2n) is 5.53. The second kappa shape index (κ2) is 5.99. The largest absolute Gasteiger partial charge is 0.360 e. The Labute approximate surface area is 129 Å². The number of quaternary nitrogens is 1. The van der Waals surface area contributed by atoms with Gasteiger partial charge in [-0.15, -0.1) is 0 Å². The number of rotatable bonds is 3. The molecule has 3 rings (SSSR count). The Morgan fingerprint density at radius 3 is 2.38 bits per heavy atom. The van der Waals surface area contributed by atoms with E-state index in [-0.39, 0.29) is 5.82 Å². The minimum absolute atomic E-state index is 0.179. The molecule has 1 aromatic heterocycles. The van der Waals surface area contributed by atoms with E-state index in [0.717, 1.165) is 43.3 Å². The predicted octanol–water partition coefficient (Wildman–Crippen LogP) is 1.06. The maximum atomic E-state index is 13.0. The molecule has 0 atom stereocenters. The van der Waals surface area contributed by atoms with E-state index in [1.54, 1.807) is 0 Å². The molecule has 21 heavy (non-hydrogen) atoms. The van der Waals surface area contributed by atoms with Crippen LogP contribution in [0.1, 0.15) is 0 Å². The van der Waals surface area contributed by atoms with Crippen molar-refractivity contribution >= 4 is 17.9 Å². The zero-order valence-electron chi connectivity index (χ0n) is 12.1. The van der Waals surface area contributed by atoms with Crippen molar-refractivity contribution in [3.8, 4) is 0 Å². The molecule has 112 valence electrons. The molecule has 6 heteroatoms. The van der Waals surface area contributed by atoms with Gasteiger partial charge in [0.25, 0.3) is 0 Å². The smallest absolute Gasteiger partial charge is 0.183 e. The average Bonchev–Trinajstić information content (AvgIpc) is 2.81. The number of benzene rings is 1. The summed E-state index contributed by atoms with van der Waals surface area (Å²) in [5.41, 5.74) is 1.10. The van der Waals surface area contributed by atoms with Crippen LogP contribution in [-0.2, 0) is 13.7 Å². The number of anilines is 1. The lowest BCUT2D eigenvalue weighted by atomic mass is 10.2. The molecule has 2 heterocycles. The minimum atomic E-state index is -0.179. The molecule has 1 aliphatic heterocycles. The van der Waals surface area contributed by atoms with Gasteiger partial charge in [0.15, 0.2) is 11.4 Å². The van der Waals surface area contributed by atoms with Crippen molar-refractivity contribution in [2.75, 3.05) is 31.1 Å². The first-order valence-corrected chi connectivity index (χ1v) is 7.60. The average molecular weight is 307 g/mol. The molecular formula is C15H20FN4S+. The van der Waals surface area contributed by atoms with Crippen molar-refractivity contribution in [1.29, 1.82) is 0 Å². The van der Waals surface area contributed by atoms with Crippen molar-refractivity contribution in [3.63, 3.8) is 0 Å². The van der Waals surface area contributed by atoms with Crippen LogP contribution in [-0.4, -0.2) is 35.3 Å². The van der Waals surface area contributed by atoms with E-state index in [4.69, 9.17) is 12.2 Å². The summed E-state index contributed by atoms with van der Waals surface area (Å²) in [6, 6.07) is 6.76. The van der Waals surface area contributed by atoms with E-state index < -0.39 is 0 Å². The van der Waals surface area contributed by atoms with Crippen molar-refractivity contribution in [1.82, 2.24) is 9.13 Å². The van der Waals surface area contributed by atoms with Crippen LogP contribution in [0.25, 0.3) is 0 Å². The van der Waals surface area contributed by atoms with Crippen LogP contribution >= 0.6 is 12.2 Å². The fraction of sp³-hybridized carbons (Fsp3) is 0.400. The lowest BCUT2D eigenvalue weighted by Crippen LogP contribution is -3.14. The molecular weight excluding hydrogens is 287 g/mol. The van der Waals surface area contributed by atoms with Crippen LogP contribution < -0.4 is 9.80 Å². The molecule has 0 saturated carbocycles. The lowest BCUT2D eigenvalue weighted by Gasteiger charge is -2.33. The predicted molar refractivity (Wildman–Crippen MR) is 83.5 cm³/mol. The first kappa shape index (κ1) is 14.3. The second-order valence-corrected chi connectivity index (χ2v) is 5.90.